The van der Waals surface area contributed by atoms with Gasteiger partial charge in [-0.25, -0.2) is 19.6 Å². The van der Waals surface area contributed by atoms with Gasteiger partial charge in [0.2, 0.25) is 11.9 Å². The van der Waals surface area contributed by atoms with E-state index >= 15 is 0 Å². The summed E-state index contributed by atoms with van der Waals surface area (Å²) < 4.78 is 35.4. The summed E-state index contributed by atoms with van der Waals surface area (Å²) in [5.74, 6) is -0.307. The number of nitrogens with zero attached hydrogens (tertiary/aromatic N) is 2. The Morgan fingerprint density at radius 3 is 1.76 bits per heavy atom. The zero-order chi connectivity index (χ0) is 39.8. The van der Waals surface area contributed by atoms with Gasteiger partial charge in [-0.1, -0.05) is 59.4 Å². The van der Waals surface area contributed by atoms with Crippen LogP contribution in [0.1, 0.15) is 51.3 Å². The summed E-state index contributed by atoms with van der Waals surface area (Å²) in [5, 5.41) is 23.5. The minimum atomic E-state index is -1.05. The molecule has 288 valence electrons. The monoisotopic (exact) mass is 860 g/mol. The van der Waals surface area contributed by atoms with Crippen LogP contribution in [0.25, 0.3) is 22.3 Å². The van der Waals surface area contributed by atoms with Crippen LogP contribution in [0.2, 0.25) is 0 Å². The average molecular weight is 862 g/mol. The first-order valence-corrected chi connectivity index (χ1v) is 20.0. The van der Waals surface area contributed by atoms with Gasteiger partial charge in [-0.3, -0.25) is 0 Å². The molecule has 1 aromatic carbocycles. The number of thiophene rings is 2. The van der Waals surface area contributed by atoms with Gasteiger partial charge in [-0.2, -0.15) is 8.78 Å². The van der Waals surface area contributed by atoms with Crippen molar-refractivity contribution in [1.29, 1.82) is 0 Å². The molecule has 5 aromatic rings. The zero-order valence-electron chi connectivity index (χ0n) is 30.9. The molecular formula is C39H43BrF2N4O5S3. The maximum absolute atomic E-state index is 14.5. The van der Waals surface area contributed by atoms with Gasteiger partial charge < -0.3 is 25.6 Å². The minimum Gasteiger partial charge on any atom is -0.497 e. The van der Waals surface area contributed by atoms with E-state index in [1.165, 1.54) is 46.8 Å². The van der Waals surface area contributed by atoms with Crippen LogP contribution in [-0.4, -0.2) is 51.6 Å². The van der Waals surface area contributed by atoms with E-state index in [4.69, 9.17) is 9.84 Å². The third-order valence-electron chi connectivity index (χ3n) is 8.33. The van der Waals surface area contributed by atoms with Crippen LogP contribution >= 0.6 is 50.4 Å². The first kappa shape index (κ1) is 42.7. The number of pyridine rings is 2. The van der Waals surface area contributed by atoms with Crippen LogP contribution in [0.5, 0.6) is 5.75 Å². The van der Waals surface area contributed by atoms with Crippen molar-refractivity contribution in [3.05, 3.63) is 98.5 Å². The predicted molar refractivity (Wildman–Crippen MR) is 216 cm³/mol. The molecule has 4 heterocycles. The largest absolute Gasteiger partial charge is 0.497 e. The van der Waals surface area contributed by atoms with Crippen LogP contribution in [0.4, 0.5) is 18.4 Å². The van der Waals surface area contributed by atoms with Gasteiger partial charge in [0, 0.05) is 74.2 Å². The maximum Gasteiger partial charge on any atom is 0.404 e. The number of benzene rings is 1. The van der Waals surface area contributed by atoms with E-state index in [9.17, 15) is 23.5 Å². The molecule has 4 aromatic heterocycles. The van der Waals surface area contributed by atoms with Crippen LogP contribution in [-0.2, 0) is 12.8 Å². The van der Waals surface area contributed by atoms with Crippen LogP contribution in [0.3, 0.4) is 0 Å². The summed E-state index contributed by atoms with van der Waals surface area (Å²) >= 11 is 8.01. The molecule has 0 aliphatic heterocycles. The highest BCUT2D eigenvalue weighted by atomic mass is 79.9. The average Bonchev–Trinajstić information content (AvgIpc) is 3.65. The lowest BCUT2D eigenvalue weighted by atomic mass is 9.84. The summed E-state index contributed by atoms with van der Waals surface area (Å²) in [6.45, 7) is 11.9. The van der Waals surface area contributed by atoms with E-state index in [-0.39, 0.29) is 22.9 Å². The number of nitrogens with one attached hydrogen (secondary N) is 2. The van der Waals surface area contributed by atoms with Crippen molar-refractivity contribution in [3.63, 3.8) is 0 Å². The lowest BCUT2D eigenvalue weighted by Crippen LogP contribution is -2.44. The molecule has 0 bridgehead atoms. The van der Waals surface area contributed by atoms with E-state index in [2.05, 4.69) is 36.5 Å². The summed E-state index contributed by atoms with van der Waals surface area (Å²) in [6.07, 6.45) is 1.79. The van der Waals surface area contributed by atoms with Crippen molar-refractivity contribution < 1.29 is 33.3 Å². The number of halogens is 3. The number of rotatable bonds is 11. The van der Waals surface area contributed by atoms with Crippen molar-refractivity contribution in [1.82, 2.24) is 20.6 Å². The summed E-state index contributed by atoms with van der Waals surface area (Å²) in [7, 11) is 1.62. The van der Waals surface area contributed by atoms with E-state index in [1.807, 2.05) is 77.9 Å². The fraction of sp³-hybridized carbons (Fsp3) is 0.333. The second-order valence-corrected chi connectivity index (χ2v) is 19.4. The number of aromatic nitrogens is 2. The molecule has 15 heteroatoms. The molecule has 2 unspecified atom stereocenters. The number of carbonyl (C=O) groups is 2. The maximum atomic E-state index is 14.5. The molecule has 0 spiro atoms. The van der Waals surface area contributed by atoms with Crippen LogP contribution in [0, 0.1) is 22.7 Å². The number of ether oxygens (including phenoxy) is 1. The van der Waals surface area contributed by atoms with Gasteiger partial charge in [0.15, 0.2) is 0 Å². The Labute approximate surface area is 334 Å². The van der Waals surface area contributed by atoms with Gasteiger partial charge in [0.25, 0.3) is 0 Å². The molecular weight excluding hydrogens is 819 g/mol. The molecule has 4 N–H and O–H groups in total. The Kier molecular flexibility index (Phi) is 14.6. The van der Waals surface area contributed by atoms with Crippen molar-refractivity contribution in [3.8, 4) is 28.0 Å². The van der Waals surface area contributed by atoms with Gasteiger partial charge in [0.1, 0.15) is 5.75 Å². The van der Waals surface area contributed by atoms with Crippen LogP contribution in [0.15, 0.2) is 85.9 Å². The van der Waals surface area contributed by atoms with Crippen molar-refractivity contribution in [2.45, 2.75) is 75.6 Å². The number of methoxy groups -OCH3 is 1. The SMILES string of the molecule is CC(C)(C)C(Cc1cc(-c2cccnc2F)c(Br)s1)NC(=O)O.COc1cccc(Sc2sc(CC(NC(=O)O)C(C)(C)C)cc2-c2cccnc2F)c1. The van der Waals surface area contributed by atoms with E-state index in [0.29, 0.717) is 24.0 Å². The molecule has 9 nitrogen and oxygen atoms in total. The first-order chi connectivity index (χ1) is 25.3. The lowest BCUT2D eigenvalue weighted by molar-refractivity contribution is 0.173. The van der Waals surface area contributed by atoms with Gasteiger partial charge >= 0.3 is 12.2 Å². The molecule has 0 fully saturated rings. The second kappa shape index (κ2) is 18.5. The molecule has 0 aliphatic carbocycles. The third-order valence-corrected chi connectivity index (χ3v) is 12.5. The van der Waals surface area contributed by atoms with Crippen molar-refractivity contribution in [2.24, 2.45) is 10.8 Å². The van der Waals surface area contributed by atoms with Crippen LogP contribution < -0.4 is 15.4 Å². The quantitative estimate of drug-likeness (QED) is 0.0965. The third kappa shape index (κ3) is 12.0. The number of hydrogen-bond donors (Lipinski definition) is 4. The normalized spacial score (nSPS) is 12.6. The fourth-order valence-electron chi connectivity index (χ4n) is 5.28. The first-order valence-electron chi connectivity index (χ1n) is 16.8. The van der Waals surface area contributed by atoms with Crippen molar-refractivity contribution >= 4 is 62.6 Å². The Morgan fingerprint density at radius 1 is 0.778 bits per heavy atom. The Morgan fingerprint density at radius 2 is 1.28 bits per heavy atom. The Hall–Kier alpha value is -4.05. The lowest BCUT2D eigenvalue weighted by Gasteiger charge is -2.30. The highest BCUT2D eigenvalue weighted by Gasteiger charge is 2.29. The van der Waals surface area contributed by atoms with E-state index < -0.39 is 24.1 Å². The van der Waals surface area contributed by atoms with Gasteiger partial charge in [-0.05, 0) is 81.4 Å². The molecule has 5 rings (SSSR count). The molecule has 2 atom stereocenters. The number of carboxylic acid groups (broad SMARTS) is 2. The summed E-state index contributed by atoms with van der Waals surface area (Å²) in [5.41, 5.74) is 1.84. The molecule has 0 saturated heterocycles. The standard InChI is InChI=1S/C23H25FN2O3S2.C16H18BrFN2O2S/c1-23(2,3)19(26-22(27)28)13-16-12-18(17-9-6-10-25-20(17)24)21(31-16)30-15-8-5-7-14(11-15)29-4;1-16(2,3)12(20-15(21)22)8-9-7-11(13(17)23-9)10-5-4-6-19-14(10)18/h5-12,19,26H,13H2,1-4H3,(H,27,28);4-7,12,20H,8H2,1-3H3,(H,21,22). The smallest absolute Gasteiger partial charge is 0.404 e. The fourth-order valence-corrected chi connectivity index (χ4v) is 9.70. The molecule has 0 saturated carbocycles. The minimum absolute atomic E-state index is 0.228. The summed E-state index contributed by atoms with van der Waals surface area (Å²) in [6, 6.07) is 17.8. The summed E-state index contributed by atoms with van der Waals surface area (Å²) in [4.78, 5) is 32.7. The van der Waals surface area contributed by atoms with E-state index in [0.717, 1.165) is 39.5 Å². The Balaban J connectivity index is 0.000000252. The second-order valence-electron chi connectivity index (χ2n) is 14.4. The number of hydrogen-bond acceptors (Lipinski definition) is 8. The highest BCUT2D eigenvalue weighted by Crippen LogP contribution is 2.44. The topological polar surface area (TPSA) is 134 Å². The molecule has 0 aliphatic rings. The predicted octanol–water partition coefficient (Wildman–Crippen LogP) is 11.3. The van der Waals surface area contributed by atoms with Crippen molar-refractivity contribution in [2.75, 3.05) is 7.11 Å². The van der Waals surface area contributed by atoms with Gasteiger partial charge in [0.05, 0.1) is 15.1 Å². The number of amides is 2. The molecule has 2 amide bonds. The zero-order valence-corrected chi connectivity index (χ0v) is 34.9. The van der Waals surface area contributed by atoms with E-state index in [1.54, 1.807) is 31.4 Å². The highest BCUT2D eigenvalue weighted by molar-refractivity contribution is 9.11. The molecule has 54 heavy (non-hydrogen) atoms. The Bertz CT molecular complexity index is 2060. The molecule has 0 radical (unpaired) electrons. The van der Waals surface area contributed by atoms with Gasteiger partial charge in [-0.15, -0.1) is 22.7 Å².